The number of phosphoric acid groups is 2. The van der Waals surface area contributed by atoms with Gasteiger partial charge in [-0.25, -0.2) is 42.6 Å². The first kappa shape index (κ1) is 58.4. The highest BCUT2D eigenvalue weighted by atomic mass is 32.5. The van der Waals surface area contributed by atoms with Crippen LogP contribution in [0.5, 0.6) is 11.5 Å². The van der Waals surface area contributed by atoms with Crippen LogP contribution in [0, 0.1) is 0 Å². The highest BCUT2D eigenvalue weighted by molar-refractivity contribution is 8.08. The quantitative estimate of drug-likeness (QED) is 0.0346. The molecule has 3 aromatic carbocycles. The number of imidazole rings is 1. The van der Waals surface area contributed by atoms with Crippen LogP contribution in [0.4, 0.5) is 16.3 Å². The summed E-state index contributed by atoms with van der Waals surface area (Å²) in [6, 6.07) is 12.3. The predicted octanol–water partition coefficient (Wildman–Crippen LogP) is 4.43. The number of benzene rings is 3. The maximum absolute atomic E-state index is 14.1. The van der Waals surface area contributed by atoms with Gasteiger partial charge in [-0.1, -0.05) is 6.08 Å². The Balaban J connectivity index is 0.984. The van der Waals surface area contributed by atoms with Crippen LogP contribution in [0.3, 0.4) is 0 Å². The highest BCUT2D eigenvalue weighted by Gasteiger charge is 2.50. The summed E-state index contributed by atoms with van der Waals surface area (Å²) >= 11 is 4.13. The number of likely N-dealkylation sites (N-methyl/N-ethyl adjacent to an activating group) is 2. The summed E-state index contributed by atoms with van der Waals surface area (Å²) < 4.78 is 59.5. The van der Waals surface area contributed by atoms with Crippen LogP contribution in [0.1, 0.15) is 105 Å². The Hall–Kier alpha value is -6.28. The van der Waals surface area contributed by atoms with Gasteiger partial charge in [0, 0.05) is 78.3 Å². The van der Waals surface area contributed by atoms with Crippen molar-refractivity contribution in [1.82, 2.24) is 34.7 Å². The van der Waals surface area contributed by atoms with E-state index >= 15 is 0 Å². The molecule has 6 atom stereocenters. The van der Waals surface area contributed by atoms with Crippen molar-refractivity contribution in [3.8, 4) is 11.5 Å². The number of aliphatic hydroxyl groups excluding tert-OH is 1. The first-order chi connectivity index (χ1) is 37.4. The molecule has 426 valence electrons. The lowest BCUT2D eigenvalue weighted by molar-refractivity contribution is -0.0508. The lowest BCUT2D eigenvalue weighted by atomic mass is 9.83. The molecule has 9 rings (SSSR count). The SMILES string of the molecule is CCN1c2cc3c(cc2C(C)=CC1(C)C)C(c1cc(C(=O)NCCNC(=O)O[C@H]2[C@@H](O)[C@H](n4cnc5c(N)ncnc54)O[C@@H]2COP(=O)(O)OP(=O)(O)OP(O)(O)=S)ccc1C(=O)O)=c1cc2c(cc1O3)=[N+](CC)C(C)(C)C=C2C. The number of allylic oxidation sites excluding steroid dienone is 2. The van der Waals surface area contributed by atoms with E-state index in [-0.39, 0.29) is 57.8 Å². The smallest absolute Gasteiger partial charge is 0.478 e. The molecule has 10 N–H and O–H groups in total. The second-order valence-electron chi connectivity index (χ2n) is 20.3. The molecular weight excluding hydrogens is 1120 g/mol. The van der Waals surface area contributed by atoms with Crippen molar-refractivity contribution in [2.45, 2.75) is 91.0 Å². The van der Waals surface area contributed by atoms with Crippen LogP contribution in [-0.2, 0) is 43.6 Å². The third-order valence-electron chi connectivity index (χ3n) is 14.0. The maximum atomic E-state index is 14.1. The fourth-order valence-corrected chi connectivity index (χ4v) is 14.7. The van der Waals surface area contributed by atoms with Gasteiger partial charge in [-0.3, -0.25) is 13.9 Å². The zero-order valence-electron chi connectivity index (χ0n) is 44.4. The van der Waals surface area contributed by atoms with E-state index in [0.717, 1.165) is 39.6 Å². The first-order valence-electron chi connectivity index (χ1n) is 24.9. The van der Waals surface area contributed by atoms with Gasteiger partial charge in [-0.2, -0.15) is 4.31 Å². The number of aromatic carboxylic acids is 1. The van der Waals surface area contributed by atoms with E-state index in [0.29, 0.717) is 40.9 Å². The number of alkyl carbamates (subject to hydrolysis) is 1. The van der Waals surface area contributed by atoms with Crippen LogP contribution in [-0.4, -0.2) is 129 Å². The number of phosphoric ester groups is 1. The van der Waals surface area contributed by atoms with Gasteiger partial charge in [0.05, 0.1) is 30.1 Å². The van der Waals surface area contributed by atoms with Crippen LogP contribution in [0.25, 0.3) is 27.9 Å². The summed E-state index contributed by atoms with van der Waals surface area (Å²) in [5.74, 6) is -0.892. The Kier molecular flexibility index (Phi) is 15.7. The normalized spacial score (nSPS) is 21.4. The van der Waals surface area contributed by atoms with Crippen molar-refractivity contribution in [1.29, 1.82) is 0 Å². The van der Waals surface area contributed by atoms with Crippen molar-refractivity contribution < 1.29 is 80.7 Å². The molecule has 0 aliphatic carbocycles. The molecule has 2 unspecified atom stereocenters. The van der Waals surface area contributed by atoms with E-state index in [1.165, 1.54) is 29.1 Å². The van der Waals surface area contributed by atoms with Gasteiger partial charge in [0.25, 0.3) is 5.91 Å². The number of carbonyl (C=O) groups is 3. The van der Waals surface area contributed by atoms with Crippen LogP contribution in [0.2, 0.25) is 0 Å². The fraction of sp³-hybridized carbons (Fsp3) is 0.380. The predicted molar refractivity (Wildman–Crippen MR) is 294 cm³/mol. The average molecular weight is 1180 g/mol. The Morgan fingerprint density at radius 1 is 0.875 bits per heavy atom. The standard InChI is InChI=1S/C50H58N9O17P3S/c1-9-58-34-18-36-32(16-29(34)25(3)20-49(58,5)6)39(33-17-30-26(4)21-50(7,8)59(10-2)35(30)19-37(33)72-36)31-15-27(11-12-28(31)47(62)63)45(61)52-13-14-53-48(64)74-42-38(22-71-77(65,66)75-78(67,68)76-79(69,70)80)73-46(41(42)60)57-24-56-40-43(51)54-23-55-44(40)57/h11-12,15-21,23-24,38,41-42,46,60H,9-10,13-14,22H2,1-8H3,(H8-,51,52,53,54,55,61,62,63,64,65,66,67,68,69,70,80)/p+1/t38-,41-,42-,46-/m1/s1. The van der Waals surface area contributed by atoms with Gasteiger partial charge in [0.2, 0.25) is 5.36 Å². The second kappa shape index (κ2) is 21.6. The molecule has 6 heterocycles. The first-order valence-corrected chi connectivity index (χ1v) is 30.6. The molecule has 0 radical (unpaired) electrons. The Labute approximate surface area is 462 Å². The molecule has 2 amide bonds. The van der Waals surface area contributed by atoms with Crippen molar-refractivity contribution in [2.75, 3.05) is 43.4 Å². The number of carboxylic acids is 1. The minimum Gasteiger partial charge on any atom is -0.478 e. The number of nitrogens with one attached hydrogen (secondary N) is 2. The van der Waals surface area contributed by atoms with Crippen molar-refractivity contribution in [2.24, 2.45) is 0 Å². The number of carbonyl (C=O) groups excluding carboxylic acids is 2. The lowest BCUT2D eigenvalue weighted by Crippen LogP contribution is -2.49. The van der Waals surface area contributed by atoms with Crippen LogP contribution >= 0.6 is 22.4 Å². The number of fused-ring (bicyclic) bond motifs is 5. The number of nitrogen functional groups attached to an aromatic ring is 1. The molecule has 1 fully saturated rings. The van der Waals surface area contributed by atoms with Gasteiger partial charge in [-0.15, -0.1) is 0 Å². The average Bonchev–Trinajstić information content (AvgIpc) is 4.00. The summed E-state index contributed by atoms with van der Waals surface area (Å²) in [5, 5.41) is 29.1. The van der Waals surface area contributed by atoms with E-state index < -0.39 is 71.5 Å². The topological polar surface area (TPSA) is 362 Å². The number of anilines is 2. The van der Waals surface area contributed by atoms with Crippen molar-refractivity contribution in [3.63, 3.8) is 0 Å². The second-order valence-corrected chi connectivity index (χ2v) is 26.1. The van der Waals surface area contributed by atoms with Crippen molar-refractivity contribution in [3.05, 3.63) is 111 Å². The molecule has 80 heavy (non-hydrogen) atoms. The molecule has 4 aliphatic heterocycles. The molecule has 2 aromatic heterocycles. The number of hydrogen-bond donors (Lipinski definition) is 9. The van der Waals surface area contributed by atoms with E-state index in [4.69, 9.17) is 24.5 Å². The number of aromatic nitrogens is 4. The molecule has 30 heteroatoms. The Bertz CT molecular complexity index is 3770. The zero-order valence-corrected chi connectivity index (χ0v) is 47.9. The minimum absolute atomic E-state index is 0.0315. The maximum Gasteiger partial charge on any atom is 0.488 e. The van der Waals surface area contributed by atoms with Gasteiger partial charge in [0.1, 0.15) is 42.1 Å². The number of hydrogen-bond acceptors (Lipinski definition) is 18. The van der Waals surface area contributed by atoms with E-state index in [1.807, 2.05) is 38.1 Å². The van der Waals surface area contributed by atoms with E-state index in [1.54, 1.807) is 0 Å². The Morgan fingerprint density at radius 3 is 2.27 bits per heavy atom. The van der Waals surface area contributed by atoms with Gasteiger partial charge in [0.15, 0.2) is 29.3 Å². The summed E-state index contributed by atoms with van der Waals surface area (Å²) in [7, 11) is -11.4. The third-order valence-corrected chi connectivity index (χ3v) is 18.4. The number of ether oxygens (including phenoxy) is 3. The third kappa shape index (κ3) is 11.5. The molecule has 5 aromatic rings. The molecule has 0 saturated carbocycles. The van der Waals surface area contributed by atoms with Gasteiger partial charge < -0.3 is 65.3 Å². The van der Waals surface area contributed by atoms with Crippen molar-refractivity contribution >= 4 is 91.5 Å². The molecular formula is C50H59N9O17P3S+. The molecule has 1 saturated heterocycles. The number of nitrogens with two attached hydrogens (primary N) is 1. The monoisotopic (exact) mass is 1180 g/mol. The molecule has 4 aliphatic rings. The number of rotatable bonds is 17. The number of nitrogens with zero attached hydrogens (tertiary/aromatic N) is 6. The van der Waals surface area contributed by atoms with Gasteiger partial charge in [-0.05, 0) is 106 Å². The molecule has 0 spiro atoms. The molecule has 0 bridgehead atoms. The summed E-state index contributed by atoms with van der Waals surface area (Å²) in [6.45, 7) is 11.7. The number of aliphatic hydroxyl groups is 1. The molecule has 26 nitrogen and oxygen atoms in total. The summed E-state index contributed by atoms with van der Waals surface area (Å²) in [5.41, 5.74) is 11.7. The minimum atomic E-state index is -5.72. The summed E-state index contributed by atoms with van der Waals surface area (Å²) in [4.78, 5) is 93.7. The lowest BCUT2D eigenvalue weighted by Gasteiger charge is -2.43. The van der Waals surface area contributed by atoms with Crippen LogP contribution < -0.4 is 41.2 Å². The fourth-order valence-electron chi connectivity index (χ4n) is 10.9. The summed E-state index contributed by atoms with van der Waals surface area (Å²) in [6.07, 6.45) is -1.19. The zero-order chi connectivity index (χ0) is 58.2. The van der Waals surface area contributed by atoms with E-state index in [9.17, 15) is 53.3 Å². The van der Waals surface area contributed by atoms with Crippen LogP contribution in [0.15, 0.2) is 67.3 Å². The number of carboxylic acid groups (broad SMARTS) is 1. The number of amides is 2. The van der Waals surface area contributed by atoms with E-state index in [2.05, 4.69) is 109 Å². The Morgan fingerprint density at radius 2 is 1.59 bits per heavy atom. The largest absolute Gasteiger partial charge is 0.488 e. The van der Waals surface area contributed by atoms with Gasteiger partial charge >= 0.3 is 34.4 Å². The highest BCUT2D eigenvalue weighted by Crippen LogP contribution is 2.66.